The first-order valence-electron chi connectivity index (χ1n) is 9.24. The highest BCUT2D eigenvalue weighted by Gasteiger charge is 2.40. The van der Waals surface area contributed by atoms with Crippen molar-refractivity contribution in [3.05, 3.63) is 42.2 Å². The Morgan fingerprint density at radius 3 is 2.44 bits per heavy atom. The van der Waals surface area contributed by atoms with Crippen LogP contribution in [-0.4, -0.2) is 38.1 Å². The highest BCUT2D eigenvalue weighted by molar-refractivity contribution is 7.67. The Morgan fingerprint density at radius 1 is 1.22 bits per heavy atom. The average molecular weight is 400 g/mol. The number of hydrogen-bond donors (Lipinski definition) is 1. The third-order valence-electron chi connectivity index (χ3n) is 5.35. The summed E-state index contributed by atoms with van der Waals surface area (Å²) in [6.07, 6.45) is 1.80. The van der Waals surface area contributed by atoms with Crippen LogP contribution in [0.4, 0.5) is 14.5 Å². The zero-order valence-electron chi connectivity index (χ0n) is 15.6. The third kappa shape index (κ3) is 4.79. The Morgan fingerprint density at radius 2 is 1.85 bits per heavy atom. The van der Waals surface area contributed by atoms with Crippen LogP contribution in [0.5, 0.6) is 0 Å². The average Bonchev–Trinajstić information content (AvgIpc) is 2.93. The molecular weight excluding hydrogens is 374 g/mol. The fourth-order valence-corrected chi connectivity index (χ4v) is 4.47. The maximum Gasteiger partial charge on any atom is 0.257 e. The minimum absolute atomic E-state index is 0.0836. The second-order valence-corrected chi connectivity index (χ2v) is 8.08. The minimum Gasteiger partial charge on any atom is -0.353 e. The maximum absolute atomic E-state index is 13.5. The number of nitrogens with zero attached hydrogens (tertiary/aromatic N) is 2. The number of para-hydroxylation sites is 1. The van der Waals surface area contributed by atoms with Gasteiger partial charge in [-0.25, -0.2) is 17.2 Å². The van der Waals surface area contributed by atoms with Crippen LogP contribution in [0.15, 0.2) is 42.2 Å². The van der Waals surface area contributed by atoms with Crippen molar-refractivity contribution in [3.63, 3.8) is 0 Å². The molecule has 1 saturated carbocycles. The van der Waals surface area contributed by atoms with E-state index in [9.17, 15) is 17.2 Å². The first-order chi connectivity index (χ1) is 12.8. The van der Waals surface area contributed by atoms with Crippen molar-refractivity contribution in [2.24, 2.45) is 5.92 Å². The molecule has 2 atom stereocenters. The lowest BCUT2D eigenvalue weighted by molar-refractivity contribution is -0.0492. The molecule has 5 nitrogen and oxygen atoms in total. The normalized spacial score (nSPS) is 24.3. The molecule has 8 heteroatoms. The van der Waals surface area contributed by atoms with Crippen LogP contribution in [0.25, 0.3) is 0 Å². The Labute approximate surface area is 160 Å². The SMILES string of the molecule is CC1=CN(CC2CCC(F)(F)CC2)C(C(C)O[SH](=O)=O)N1c1ccccc1. The van der Waals surface area contributed by atoms with Crippen LogP contribution >= 0.6 is 0 Å². The van der Waals surface area contributed by atoms with Crippen molar-refractivity contribution in [1.29, 1.82) is 0 Å². The molecule has 1 aliphatic heterocycles. The van der Waals surface area contributed by atoms with Crippen molar-refractivity contribution < 1.29 is 21.4 Å². The van der Waals surface area contributed by atoms with Gasteiger partial charge in [-0.2, -0.15) is 0 Å². The first-order valence-corrected chi connectivity index (χ1v) is 10.3. The van der Waals surface area contributed by atoms with Crippen molar-refractivity contribution >= 4 is 16.7 Å². The van der Waals surface area contributed by atoms with Crippen LogP contribution in [-0.2, 0) is 15.2 Å². The topological polar surface area (TPSA) is 49.9 Å². The summed E-state index contributed by atoms with van der Waals surface area (Å²) >= 11 is 0. The summed E-state index contributed by atoms with van der Waals surface area (Å²) in [6, 6.07) is 9.68. The predicted molar refractivity (Wildman–Crippen MR) is 101 cm³/mol. The van der Waals surface area contributed by atoms with Gasteiger partial charge in [0.1, 0.15) is 12.3 Å². The molecule has 2 unspecified atom stereocenters. The minimum atomic E-state index is -2.99. The number of hydrogen-bond acceptors (Lipinski definition) is 5. The number of benzene rings is 1. The van der Waals surface area contributed by atoms with E-state index in [-0.39, 0.29) is 24.9 Å². The number of anilines is 1. The highest BCUT2D eigenvalue weighted by atomic mass is 32.2. The molecule has 2 aliphatic rings. The standard InChI is InChI=1S/C19H26F2N2O3S/c1-14-12-22(13-16-8-10-19(20,21)11-9-16)18(15(2)26-27(24)25)23(14)17-6-4-3-5-7-17/h3-7,12,15-16,18,27H,8-11,13H2,1-2H3. The zero-order chi connectivity index (χ0) is 19.6. The van der Waals surface area contributed by atoms with E-state index in [1.807, 2.05) is 53.3 Å². The lowest BCUT2D eigenvalue weighted by Gasteiger charge is -2.39. The molecule has 150 valence electrons. The number of rotatable bonds is 6. The molecule has 0 spiro atoms. The molecule has 1 fully saturated rings. The van der Waals surface area contributed by atoms with Crippen LogP contribution in [0.3, 0.4) is 0 Å². The largest absolute Gasteiger partial charge is 0.353 e. The number of halogens is 2. The Kier molecular flexibility index (Phi) is 6.05. The lowest BCUT2D eigenvalue weighted by Crippen LogP contribution is -2.49. The fourth-order valence-electron chi connectivity index (χ4n) is 4.09. The zero-order valence-corrected chi connectivity index (χ0v) is 16.4. The lowest BCUT2D eigenvalue weighted by atomic mass is 9.86. The summed E-state index contributed by atoms with van der Waals surface area (Å²) in [5, 5.41) is 0. The van der Waals surface area contributed by atoms with Gasteiger partial charge in [0.15, 0.2) is 0 Å². The molecule has 0 saturated heterocycles. The van der Waals surface area contributed by atoms with Gasteiger partial charge in [-0.3, -0.25) is 4.18 Å². The Balaban J connectivity index is 1.81. The van der Waals surface area contributed by atoms with E-state index >= 15 is 0 Å². The molecule has 1 heterocycles. The Bertz CT molecular complexity index is 737. The number of thiol groups is 1. The van der Waals surface area contributed by atoms with Crippen molar-refractivity contribution in [1.82, 2.24) is 4.90 Å². The van der Waals surface area contributed by atoms with Crippen LogP contribution in [0, 0.1) is 5.92 Å². The molecule has 0 bridgehead atoms. The summed E-state index contributed by atoms with van der Waals surface area (Å²) in [6.45, 7) is 4.28. The number of alkyl halides is 2. The van der Waals surface area contributed by atoms with Gasteiger partial charge in [0.05, 0.1) is 0 Å². The molecule has 3 rings (SSSR count). The summed E-state index contributed by atoms with van der Waals surface area (Å²) in [7, 11) is -2.99. The van der Waals surface area contributed by atoms with Crippen molar-refractivity contribution in [3.8, 4) is 0 Å². The smallest absolute Gasteiger partial charge is 0.257 e. The second kappa shape index (κ2) is 8.14. The summed E-state index contributed by atoms with van der Waals surface area (Å²) in [5.41, 5.74) is 1.90. The molecule has 1 aromatic carbocycles. The molecular formula is C19H26F2N2O3S. The van der Waals surface area contributed by atoms with Crippen LogP contribution in [0.1, 0.15) is 39.5 Å². The van der Waals surface area contributed by atoms with Gasteiger partial charge in [-0.15, -0.1) is 0 Å². The van der Waals surface area contributed by atoms with Crippen LogP contribution in [0.2, 0.25) is 0 Å². The molecule has 1 aliphatic carbocycles. The summed E-state index contributed by atoms with van der Waals surface area (Å²) in [5.74, 6) is -2.40. The van der Waals surface area contributed by atoms with Crippen molar-refractivity contribution in [2.45, 2.75) is 57.7 Å². The second-order valence-electron chi connectivity index (χ2n) is 7.42. The van der Waals surface area contributed by atoms with Gasteiger partial charge in [0.2, 0.25) is 5.92 Å². The quantitative estimate of drug-likeness (QED) is 0.737. The molecule has 0 aromatic heterocycles. The van der Waals surface area contributed by atoms with Gasteiger partial charge in [0, 0.05) is 37.0 Å². The third-order valence-corrected chi connectivity index (χ3v) is 5.85. The summed E-state index contributed by atoms with van der Waals surface area (Å²) in [4.78, 5) is 4.08. The maximum atomic E-state index is 13.5. The van der Waals surface area contributed by atoms with Gasteiger partial charge in [0.25, 0.3) is 11.0 Å². The van der Waals surface area contributed by atoms with E-state index in [1.54, 1.807) is 6.92 Å². The van der Waals surface area contributed by atoms with Gasteiger partial charge < -0.3 is 9.80 Å². The molecule has 1 aromatic rings. The molecule has 0 radical (unpaired) electrons. The molecule has 27 heavy (non-hydrogen) atoms. The van der Waals surface area contributed by atoms with E-state index in [0.717, 1.165) is 11.4 Å². The van der Waals surface area contributed by atoms with E-state index in [4.69, 9.17) is 4.18 Å². The van der Waals surface area contributed by atoms with Gasteiger partial charge in [-0.05, 0) is 44.7 Å². The highest BCUT2D eigenvalue weighted by Crippen LogP contribution is 2.38. The van der Waals surface area contributed by atoms with E-state index < -0.39 is 23.0 Å². The first kappa shape index (κ1) is 20.1. The Hall–Kier alpha value is -1.67. The summed E-state index contributed by atoms with van der Waals surface area (Å²) < 4.78 is 54.3. The van der Waals surface area contributed by atoms with E-state index in [0.29, 0.717) is 19.4 Å². The van der Waals surface area contributed by atoms with E-state index in [2.05, 4.69) is 0 Å². The van der Waals surface area contributed by atoms with Crippen LogP contribution < -0.4 is 4.90 Å². The van der Waals surface area contributed by atoms with Gasteiger partial charge in [-0.1, -0.05) is 18.2 Å². The number of allylic oxidation sites excluding steroid dienone is 1. The van der Waals surface area contributed by atoms with E-state index in [1.165, 1.54) is 0 Å². The fraction of sp³-hybridized carbons (Fsp3) is 0.579. The predicted octanol–water partition coefficient (Wildman–Crippen LogP) is 3.75. The molecule has 0 N–H and O–H groups in total. The van der Waals surface area contributed by atoms with Crippen molar-refractivity contribution in [2.75, 3.05) is 11.4 Å². The monoisotopic (exact) mass is 400 g/mol. The van der Waals surface area contributed by atoms with Gasteiger partial charge >= 0.3 is 0 Å². The molecule has 0 amide bonds.